The summed E-state index contributed by atoms with van der Waals surface area (Å²) < 4.78 is 52.5. The Kier molecular flexibility index (Phi) is 4.51. The average Bonchev–Trinajstić information content (AvgIpc) is 2.97. The quantitative estimate of drug-likeness (QED) is 0.679. The lowest BCUT2D eigenvalue weighted by Crippen LogP contribution is -2.33. The second kappa shape index (κ2) is 6.50. The lowest BCUT2D eigenvalue weighted by atomic mass is 10.2. The van der Waals surface area contributed by atoms with E-state index < -0.39 is 38.8 Å². The Morgan fingerprint density at radius 2 is 1.65 bits per heavy atom. The lowest BCUT2D eigenvalue weighted by molar-refractivity contribution is 0.0952. The van der Waals surface area contributed by atoms with Crippen molar-refractivity contribution in [2.75, 3.05) is 0 Å². The smallest absolute Gasteiger partial charge is 0.268 e. The summed E-state index contributed by atoms with van der Waals surface area (Å²) in [6.07, 6.45) is 1.76. The number of halogens is 3. The Balaban J connectivity index is 2.07. The minimum atomic E-state index is -4.28. The zero-order valence-electron chi connectivity index (χ0n) is 12.8. The van der Waals surface area contributed by atoms with Crippen molar-refractivity contribution in [2.45, 2.75) is 4.90 Å². The lowest BCUT2D eigenvalue weighted by Gasteiger charge is -2.05. The van der Waals surface area contributed by atoms with Gasteiger partial charge in [0.1, 0.15) is 11.6 Å². The van der Waals surface area contributed by atoms with E-state index in [1.165, 1.54) is 24.3 Å². The highest BCUT2D eigenvalue weighted by atomic mass is 35.5. The van der Waals surface area contributed by atoms with Crippen LogP contribution in [-0.4, -0.2) is 22.9 Å². The van der Waals surface area contributed by atoms with Gasteiger partial charge in [0.25, 0.3) is 15.9 Å². The molecule has 0 saturated heterocycles. The van der Waals surface area contributed by atoms with Gasteiger partial charge in [-0.25, -0.2) is 26.6 Å². The van der Waals surface area contributed by atoms with E-state index in [2.05, 4.69) is 0 Å². The maximum Gasteiger partial charge on any atom is 0.349 e. The van der Waals surface area contributed by atoms with Gasteiger partial charge in [-0.15, -0.1) is 0 Å². The largest absolute Gasteiger partial charge is 0.349 e. The van der Waals surface area contributed by atoms with Crippen LogP contribution in [0.15, 0.2) is 64.5 Å². The number of carbonyl (C=O) groups is 1. The highest BCUT2D eigenvalue weighted by molar-refractivity contribution is 7.90. The Bertz CT molecular complexity index is 1170. The molecule has 2 aromatic carbocycles. The third-order valence-corrected chi connectivity index (χ3v) is 5.41. The molecule has 0 aliphatic carbocycles. The number of rotatable bonds is 3. The first-order valence-electron chi connectivity index (χ1n) is 7.03. The fourth-order valence-corrected chi connectivity index (χ4v) is 3.55. The number of carbonyl (C=O) groups excluding carboxylic acids is 1. The van der Waals surface area contributed by atoms with Crippen LogP contribution in [0.5, 0.6) is 0 Å². The second-order valence-electron chi connectivity index (χ2n) is 5.13. The van der Waals surface area contributed by atoms with Crippen molar-refractivity contribution in [1.29, 1.82) is 0 Å². The molecule has 6 nitrogen and oxygen atoms in total. The molecule has 0 unspecified atom stereocenters. The predicted molar refractivity (Wildman–Crippen MR) is 88.8 cm³/mol. The Morgan fingerprint density at radius 3 is 2.27 bits per heavy atom. The van der Waals surface area contributed by atoms with Gasteiger partial charge in [0.15, 0.2) is 0 Å². The van der Waals surface area contributed by atoms with E-state index in [0.29, 0.717) is 19.6 Å². The summed E-state index contributed by atoms with van der Waals surface area (Å²) in [6.45, 7) is 0. The van der Waals surface area contributed by atoms with Crippen molar-refractivity contribution in [3.63, 3.8) is 0 Å². The first-order valence-corrected chi connectivity index (χ1v) is 8.84. The maximum absolute atomic E-state index is 13.7. The molecular weight excluding hydrogens is 390 g/mol. The summed E-state index contributed by atoms with van der Waals surface area (Å²) >= 11 is 5.70. The third-order valence-electron chi connectivity index (χ3n) is 3.50. The SMILES string of the molecule is O=C(c1ccc(F)cc1F)n1ccn(S(=O)(=O)c2ccc(Cl)cc2)c1=O. The molecular formula is C16H9ClF2N2O4S. The fraction of sp³-hybridized carbons (Fsp3) is 0. The minimum Gasteiger partial charge on any atom is -0.268 e. The highest BCUT2D eigenvalue weighted by Gasteiger charge is 2.24. The van der Waals surface area contributed by atoms with Gasteiger partial charge in [-0.3, -0.25) is 4.79 Å². The number of imidazole rings is 1. The van der Waals surface area contributed by atoms with Crippen LogP contribution in [-0.2, 0) is 10.0 Å². The van der Waals surface area contributed by atoms with Crippen LogP contribution in [0.3, 0.4) is 0 Å². The zero-order chi connectivity index (χ0) is 19.1. The maximum atomic E-state index is 13.7. The van der Waals surface area contributed by atoms with Gasteiger partial charge in [-0.1, -0.05) is 11.6 Å². The molecule has 0 radical (unpaired) electrons. The van der Waals surface area contributed by atoms with Crippen molar-refractivity contribution in [3.05, 3.63) is 87.6 Å². The molecule has 134 valence electrons. The normalized spacial score (nSPS) is 11.5. The molecule has 0 N–H and O–H groups in total. The van der Waals surface area contributed by atoms with Crippen molar-refractivity contribution in [2.24, 2.45) is 0 Å². The average molecular weight is 399 g/mol. The van der Waals surface area contributed by atoms with Gasteiger partial charge < -0.3 is 0 Å². The molecule has 1 aromatic heterocycles. The number of aromatic nitrogens is 2. The van der Waals surface area contributed by atoms with E-state index in [1.54, 1.807) is 0 Å². The van der Waals surface area contributed by atoms with Crippen molar-refractivity contribution >= 4 is 27.5 Å². The van der Waals surface area contributed by atoms with Crippen LogP contribution in [0.25, 0.3) is 0 Å². The molecule has 0 amide bonds. The van der Waals surface area contributed by atoms with E-state index in [1.807, 2.05) is 0 Å². The highest BCUT2D eigenvalue weighted by Crippen LogP contribution is 2.16. The molecule has 3 aromatic rings. The molecule has 0 atom stereocenters. The van der Waals surface area contributed by atoms with Crippen LogP contribution in [0.1, 0.15) is 10.4 Å². The molecule has 0 spiro atoms. The first kappa shape index (κ1) is 18.0. The first-order chi connectivity index (χ1) is 12.2. The molecule has 1 heterocycles. The predicted octanol–water partition coefficient (Wildman–Crippen LogP) is 2.51. The Labute approximate surface area is 150 Å². The van der Waals surface area contributed by atoms with Crippen molar-refractivity contribution in [1.82, 2.24) is 8.54 Å². The number of nitrogens with zero attached hydrogens (tertiary/aromatic N) is 2. The molecule has 10 heteroatoms. The summed E-state index contributed by atoms with van der Waals surface area (Å²) in [5, 5.41) is 0.302. The van der Waals surface area contributed by atoms with E-state index >= 15 is 0 Å². The van der Waals surface area contributed by atoms with Crippen LogP contribution < -0.4 is 5.69 Å². The van der Waals surface area contributed by atoms with Crippen molar-refractivity contribution < 1.29 is 22.0 Å². The van der Waals surface area contributed by atoms with Crippen molar-refractivity contribution in [3.8, 4) is 0 Å². The van der Waals surface area contributed by atoms with Crippen LogP contribution >= 0.6 is 11.6 Å². The zero-order valence-corrected chi connectivity index (χ0v) is 14.3. The summed E-state index contributed by atoms with van der Waals surface area (Å²) in [5.74, 6) is -3.19. The van der Waals surface area contributed by atoms with Gasteiger partial charge in [0.2, 0.25) is 0 Å². The minimum absolute atomic E-state index is 0.220. The van der Waals surface area contributed by atoms with E-state index in [0.717, 1.165) is 24.5 Å². The standard InChI is InChI=1S/C16H9ClF2N2O4S/c17-10-1-4-12(5-2-10)26(24,25)21-8-7-20(16(21)23)15(22)13-6-3-11(18)9-14(13)19/h1-9H. The number of hydrogen-bond acceptors (Lipinski definition) is 4. The van der Waals surface area contributed by atoms with Gasteiger partial charge in [-0.2, -0.15) is 3.97 Å². The van der Waals surface area contributed by atoms with E-state index in [9.17, 15) is 26.8 Å². The van der Waals surface area contributed by atoms with E-state index in [-0.39, 0.29) is 4.90 Å². The number of benzene rings is 2. The molecule has 0 saturated carbocycles. The Morgan fingerprint density at radius 1 is 1.00 bits per heavy atom. The molecule has 0 aliphatic heterocycles. The van der Waals surface area contributed by atoms with Crippen LogP contribution in [0.2, 0.25) is 5.02 Å². The van der Waals surface area contributed by atoms with Gasteiger partial charge in [0, 0.05) is 23.5 Å². The van der Waals surface area contributed by atoms with Gasteiger partial charge in [0.05, 0.1) is 10.5 Å². The second-order valence-corrected chi connectivity index (χ2v) is 7.39. The van der Waals surface area contributed by atoms with E-state index in [4.69, 9.17) is 11.6 Å². The molecule has 0 aliphatic rings. The molecule has 0 fully saturated rings. The Hall–Kier alpha value is -2.78. The summed E-state index contributed by atoms with van der Waals surface area (Å²) in [5.41, 5.74) is -1.79. The van der Waals surface area contributed by atoms with Crippen LogP contribution in [0, 0.1) is 11.6 Å². The van der Waals surface area contributed by atoms with Crippen LogP contribution in [0.4, 0.5) is 8.78 Å². The number of hydrogen-bond donors (Lipinski definition) is 0. The summed E-state index contributed by atoms with van der Waals surface area (Å²) in [4.78, 5) is 24.4. The third kappa shape index (κ3) is 3.06. The summed E-state index contributed by atoms with van der Waals surface area (Å²) in [7, 11) is -4.28. The molecule has 3 rings (SSSR count). The molecule has 0 bridgehead atoms. The van der Waals surface area contributed by atoms with Gasteiger partial charge in [-0.05, 0) is 36.4 Å². The summed E-state index contributed by atoms with van der Waals surface area (Å²) in [6, 6.07) is 7.25. The van der Waals surface area contributed by atoms with Gasteiger partial charge >= 0.3 is 5.69 Å². The topological polar surface area (TPSA) is 78.1 Å². The molecule has 26 heavy (non-hydrogen) atoms. The monoisotopic (exact) mass is 398 g/mol. The fourth-order valence-electron chi connectivity index (χ4n) is 2.21.